The van der Waals surface area contributed by atoms with Crippen LogP contribution in [0.5, 0.6) is 5.75 Å². The molecule has 0 saturated heterocycles. The molecule has 3 heteroatoms. The average molecular weight is 235 g/mol. The smallest absolute Gasteiger partial charge is 0.164 e. The Morgan fingerprint density at radius 2 is 1.88 bits per heavy atom. The quantitative estimate of drug-likeness (QED) is 0.816. The van der Waals surface area contributed by atoms with Crippen LogP contribution < -0.4 is 10.5 Å². The fourth-order valence-electron chi connectivity index (χ4n) is 1.82. The first-order chi connectivity index (χ1) is 7.74. The fraction of sp³-hybridized carbons (Fsp3) is 0.500. The van der Waals surface area contributed by atoms with E-state index < -0.39 is 5.54 Å². The molecule has 0 atom stereocenters. The van der Waals surface area contributed by atoms with Crippen LogP contribution in [0.2, 0.25) is 0 Å². The van der Waals surface area contributed by atoms with Gasteiger partial charge in [0.05, 0.1) is 7.11 Å². The number of ketones is 1. The summed E-state index contributed by atoms with van der Waals surface area (Å²) < 4.78 is 5.23. The van der Waals surface area contributed by atoms with Gasteiger partial charge in [0.2, 0.25) is 0 Å². The van der Waals surface area contributed by atoms with Gasteiger partial charge in [0.1, 0.15) is 5.75 Å². The summed E-state index contributed by atoms with van der Waals surface area (Å²) in [6, 6.07) is 3.77. The molecule has 0 spiro atoms. The number of ether oxygens (including phenoxy) is 1. The van der Waals surface area contributed by atoms with E-state index in [0.717, 1.165) is 22.4 Å². The molecule has 0 bridgehead atoms. The lowest BCUT2D eigenvalue weighted by molar-refractivity contribution is 0.0959. The molecule has 0 aliphatic carbocycles. The number of methoxy groups -OCH3 is 1. The zero-order valence-corrected chi connectivity index (χ0v) is 11.3. The molecule has 94 valence electrons. The topological polar surface area (TPSA) is 52.3 Å². The van der Waals surface area contributed by atoms with Crippen LogP contribution in [0.3, 0.4) is 0 Å². The summed E-state index contributed by atoms with van der Waals surface area (Å²) in [6.45, 7) is 7.56. The van der Waals surface area contributed by atoms with Crippen LogP contribution in [-0.4, -0.2) is 18.4 Å². The summed E-state index contributed by atoms with van der Waals surface area (Å²) >= 11 is 0. The van der Waals surface area contributed by atoms with Crippen molar-refractivity contribution >= 4 is 5.78 Å². The maximum atomic E-state index is 12.1. The predicted molar refractivity (Wildman–Crippen MR) is 69.7 cm³/mol. The third-order valence-corrected chi connectivity index (χ3v) is 2.66. The van der Waals surface area contributed by atoms with E-state index in [1.54, 1.807) is 7.11 Å². The molecule has 2 N–H and O–H groups in total. The van der Waals surface area contributed by atoms with Crippen LogP contribution in [0.25, 0.3) is 0 Å². The van der Waals surface area contributed by atoms with Crippen molar-refractivity contribution in [3.05, 3.63) is 28.8 Å². The van der Waals surface area contributed by atoms with E-state index in [0.29, 0.717) is 6.42 Å². The van der Waals surface area contributed by atoms with E-state index in [-0.39, 0.29) is 5.78 Å². The highest BCUT2D eigenvalue weighted by Gasteiger charge is 2.19. The number of hydrogen-bond donors (Lipinski definition) is 1. The molecule has 0 fully saturated rings. The number of aryl methyl sites for hydroxylation is 2. The van der Waals surface area contributed by atoms with Crippen LogP contribution >= 0.6 is 0 Å². The molecule has 0 aliphatic heterocycles. The Morgan fingerprint density at radius 1 is 1.29 bits per heavy atom. The van der Waals surface area contributed by atoms with Gasteiger partial charge in [0.25, 0.3) is 0 Å². The van der Waals surface area contributed by atoms with Gasteiger partial charge in [-0.15, -0.1) is 0 Å². The van der Waals surface area contributed by atoms with E-state index in [2.05, 4.69) is 0 Å². The lowest BCUT2D eigenvalue weighted by Gasteiger charge is -2.18. The highest BCUT2D eigenvalue weighted by molar-refractivity contribution is 5.98. The molecule has 17 heavy (non-hydrogen) atoms. The Morgan fingerprint density at radius 3 is 2.35 bits per heavy atom. The maximum Gasteiger partial charge on any atom is 0.164 e. The standard InChI is InChI=1S/C14H21NO2/c1-9-7-13(17-5)10(2)6-11(9)12(16)8-14(3,4)15/h6-7H,8,15H2,1-5H3. The Bertz CT molecular complexity index is 431. The summed E-state index contributed by atoms with van der Waals surface area (Å²) in [5, 5.41) is 0. The Balaban J connectivity index is 3.07. The van der Waals surface area contributed by atoms with Gasteiger partial charge < -0.3 is 10.5 Å². The summed E-state index contributed by atoms with van der Waals surface area (Å²) in [4.78, 5) is 12.1. The van der Waals surface area contributed by atoms with Gasteiger partial charge >= 0.3 is 0 Å². The van der Waals surface area contributed by atoms with E-state index in [1.165, 1.54) is 0 Å². The van der Waals surface area contributed by atoms with Crippen LogP contribution in [0.15, 0.2) is 12.1 Å². The molecule has 1 aromatic rings. The van der Waals surface area contributed by atoms with Crippen molar-refractivity contribution in [3.8, 4) is 5.75 Å². The first-order valence-electron chi connectivity index (χ1n) is 5.72. The minimum absolute atomic E-state index is 0.0840. The van der Waals surface area contributed by atoms with Crippen molar-refractivity contribution in [2.45, 2.75) is 39.7 Å². The summed E-state index contributed by atoms with van der Waals surface area (Å²) in [5.74, 6) is 0.895. The number of Topliss-reactive ketones (excluding diaryl/α,β-unsaturated/α-hetero) is 1. The van der Waals surface area contributed by atoms with E-state index >= 15 is 0 Å². The highest BCUT2D eigenvalue weighted by Crippen LogP contribution is 2.24. The average Bonchev–Trinajstić information content (AvgIpc) is 2.18. The van der Waals surface area contributed by atoms with Gasteiger partial charge in [-0.25, -0.2) is 0 Å². The maximum absolute atomic E-state index is 12.1. The number of carbonyl (C=O) groups is 1. The third kappa shape index (κ3) is 3.56. The van der Waals surface area contributed by atoms with Crippen molar-refractivity contribution in [2.75, 3.05) is 7.11 Å². The first-order valence-corrected chi connectivity index (χ1v) is 5.72. The predicted octanol–water partition coefficient (Wildman–Crippen LogP) is 2.62. The molecule has 0 radical (unpaired) electrons. The highest BCUT2D eigenvalue weighted by atomic mass is 16.5. The van der Waals surface area contributed by atoms with Crippen molar-refractivity contribution in [3.63, 3.8) is 0 Å². The normalized spacial score (nSPS) is 11.4. The molecular formula is C14H21NO2. The number of rotatable bonds is 4. The zero-order valence-electron chi connectivity index (χ0n) is 11.3. The van der Waals surface area contributed by atoms with E-state index in [1.807, 2.05) is 39.8 Å². The van der Waals surface area contributed by atoms with Gasteiger partial charge in [-0.05, 0) is 51.0 Å². The van der Waals surface area contributed by atoms with Crippen molar-refractivity contribution in [2.24, 2.45) is 5.73 Å². The SMILES string of the molecule is COc1cc(C)c(C(=O)CC(C)(C)N)cc1C. The zero-order chi connectivity index (χ0) is 13.2. The second-order valence-corrected chi connectivity index (χ2v) is 5.23. The van der Waals surface area contributed by atoms with Gasteiger partial charge in [-0.3, -0.25) is 4.79 Å². The number of benzene rings is 1. The van der Waals surface area contributed by atoms with Crippen LogP contribution in [0.4, 0.5) is 0 Å². The number of hydrogen-bond acceptors (Lipinski definition) is 3. The molecule has 0 aromatic heterocycles. The third-order valence-electron chi connectivity index (χ3n) is 2.66. The Hall–Kier alpha value is -1.35. The van der Waals surface area contributed by atoms with Crippen LogP contribution in [-0.2, 0) is 0 Å². The van der Waals surface area contributed by atoms with Crippen molar-refractivity contribution in [1.82, 2.24) is 0 Å². The summed E-state index contributed by atoms with van der Waals surface area (Å²) in [5.41, 5.74) is 8.04. The summed E-state index contributed by atoms with van der Waals surface area (Å²) in [7, 11) is 1.63. The molecular weight excluding hydrogens is 214 g/mol. The van der Waals surface area contributed by atoms with Crippen molar-refractivity contribution < 1.29 is 9.53 Å². The molecule has 0 unspecified atom stereocenters. The molecule has 0 aliphatic rings. The van der Waals surface area contributed by atoms with E-state index in [4.69, 9.17) is 10.5 Å². The largest absolute Gasteiger partial charge is 0.496 e. The molecule has 1 aromatic carbocycles. The molecule has 0 heterocycles. The molecule has 3 nitrogen and oxygen atoms in total. The fourth-order valence-corrected chi connectivity index (χ4v) is 1.82. The second-order valence-electron chi connectivity index (χ2n) is 5.23. The van der Waals surface area contributed by atoms with Crippen molar-refractivity contribution in [1.29, 1.82) is 0 Å². The second kappa shape index (κ2) is 4.88. The minimum Gasteiger partial charge on any atom is -0.496 e. The molecule has 1 rings (SSSR count). The minimum atomic E-state index is -0.475. The van der Waals surface area contributed by atoms with Gasteiger partial charge in [0, 0.05) is 17.5 Å². The van der Waals surface area contributed by atoms with Gasteiger partial charge in [-0.1, -0.05) is 0 Å². The van der Waals surface area contributed by atoms with Gasteiger partial charge in [-0.2, -0.15) is 0 Å². The summed E-state index contributed by atoms with van der Waals surface area (Å²) in [6.07, 6.45) is 0.347. The van der Waals surface area contributed by atoms with E-state index in [9.17, 15) is 4.79 Å². The lowest BCUT2D eigenvalue weighted by atomic mass is 9.92. The number of nitrogens with two attached hydrogens (primary N) is 1. The lowest BCUT2D eigenvalue weighted by Crippen LogP contribution is -2.34. The monoisotopic (exact) mass is 235 g/mol. The number of carbonyl (C=O) groups excluding carboxylic acids is 1. The first kappa shape index (κ1) is 13.7. The van der Waals surface area contributed by atoms with Crippen LogP contribution in [0.1, 0.15) is 41.8 Å². The Kier molecular flexibility index (Phi) is 3.94. The molecule has 0 amide bonds. The molecule has 0 saturated carbocycles. The van der Waals surface area contributed by atoms with Gasteiger partial charge in [0.15, 0.2) is 5.78 Å². The van der Waals surface area contributed by atoms with Crippen LogP contribution in [0, 0.1) is 13.8 Å². The Labute approximate surface area is 103 Å².